The predicted molar refractivity (Wildman–Crippen MR) is 122 cm³/mol. The van der Waals surface area contributed by atoms with E-state index in [-0.39, 0.29) is 31.0 Å². The molecule has 0 saturated carbocycles. The number of anilines is 1. The second kappa shape index (κ2) is 10.8. The smallest absolute Gasteiger partial charge is 0.405 e. The van der Waals surface area contributed by atoms with E-state index in [9.17, 15) is 19.2 Å². The summed E-state index contributed by atoms with van der Waals surface area (Å²) in [6, 6.07) is 9.41. The highest BCUT2D eigenvalue weighted by atomic mass is 16.4. The van der Waals surface area contributed by atoms with E-state index < -0.39 is 23.6 Å². The molecule has 0 aliphatic heterocycles. The largest absolute Gasteiger partial charge is 0.465 e. The van der Waals surface area contributed by atoms with Crippen molar-refractivity contribution in [3.05, 3.63) is 70.9 Å². The Kier molecular flexibility index (Phi) is 7.58. The van der Waals surface area contributed by atoms with Gasteiger partial charge in [-0.25, -0.2) is 9.78 Å². The fourth-order valence-electron chi connectivity index (χ4n) is 3.17. The maximum atomic E-state index is 12.9. The quantitative estimate of drug-likeness (QED) is 0.309. The van der Waals surface area contributed by atoms with Crippen LogP contribution in [0.1, 0.15) is 18.7 Å². The average molecular weight is 452 g/mol. The number of benzene rings is 1. The van der Waals surface area contributed by atoms with Gasteiger partial charge >= 0.3 is 6.09 Å². The zero-order valence-electron chi connectivity index (χ0n) is 17.9. The number of carbonyl (C=O) groups is 3. The molecule has 3 amide bonds. The van der Waals surface area contributed by atoms with E-state index in [1.54, 1.807) is 12.3 Å². The highest BCUT2D eigenvalue weighted by molar-refractivity contribution is 5.96. The molecule has 0 radical (unpaired) electrons. The molecule has 1 aromatic carbocycles. The number of H-pyrrole nitrogens is 1. The van der Waals surface area contributed by atoms with Crippen molar-refractivity contribution in [1.29, 1.82) is 0 Å². The van der Waals surface area contributed by atoms with Gasteiger partial charge in [-0.05, 0) is 43.2 Å². The van der Waals surface area contributed by atoms with E-state index in [0.29, 0.717) is 5.82 Å². The molecule has 3 aromatic rings. The maximum Gasteiger partial charge on any atom is 0.405 e. The lowest BCUT2D eigenvalue weighted by atomic mass is 10.1. The standard InChI is InChI=1S/C22H24N6O5/c1-23-19(29)11-5-4-9-16(27-22(32)33)20(30)26-17-10-6-12-28(21(17)31)13-18-24-14-7-2-3-8-15(14)25-18/h2-3,5-8,10-12,16,27H,4,9,13H2,1H3,(H,23,29)(H,24,25)(H,26,30)(H,32,33). The van der Waals surface area contributed by atoms with Crippen LogP contribution in [0.4, 0.5) is 10.5 Å². The van der Waals surface area contributed by atoms with Crippen LogP contribution in [0.15, 0.2) is 59.5 Å². The summed E-state index contributed by atoms with van der Waals surface area (Å²) < 4.78 is 1.39. The molecule has 0 spiro atoms. The fourth-order valence-corrected chi connectivity index (χ4v) is 3.17. The number of fused-ring (bicyclic) bond motifs is 1. The van der Waals surface area contributed by atoms with Crippen LogP contribution >= 0.6 is 0 Å². The van der Waals surface area contributed by atoms with Crippen molar-refractivity contribution in [2.75, 3.05) is 12.4 Å². The predicted octanol–water partition coefficient (Wildman–Crippen LogP) is 1.43. The van der Waals surface area contributed by atoms with Crippen molar-refractivity contribution in [3.63, 3.8) is 0 Å². The van der Waals surface area contributed by atoms with Crippen molar-refractivity contribution in [1.82, 2.24) is 25.2 Å². The number of imidazole rings is 1. The van der Waals surface area contributed by atoms with Crippen molar-refractivity contribution in [2.45, 2.75) is 25.4 Å². The molecule has 11 nitrogen and oxygen atoms in total. The minimum Gasteiger partial charge on any atom is -0.465 e. The Balaban J connectivity index is 1.71. The third kappa shape index (κ3) is 6.29. The van der Waals surface area contributed by atoms with Gasteiger partial charge in [0.2, 0.25) is 11.8 Å². The van der Waals surface area contributed by atoms with Gasteiger partial charge in [-0.15, -0.1) is 0 Å². The molecule has 0 aliphatic rings. The maximum absolute atomic E-state index is 12.9. The van der Waals surface area contributed by atoms with Crippen LogP contribution in [-0.4, -0.2) is 50.6 Å². The molecule has 0 aliphatic carbocycles. The number of rotatable bonds is 9. The lowest BCUT2D eigenvalue weighted by molar-refractivity contribution is -0.118. The number of hydrogen-bond acceptors (Lipinski definition) is 5. The summed E-state index contributed by atoms with van der Waals surface area (Å²) in [6.07, 6.45) is 3.40. The van der Waals surface area contributed by atoms with Gasteiger partial charge in [0.15, 0.2) is 0 Å². The minimum absolute atomic E-state index is 0.0108. The molecule has 1 unspecified atom stereocenters. The van der Waals surface area contributed by atoms with E-state index in [0.717, 1.165) is 11.0 Å². The number of pyridine rings is 1. The second-order valence-corrected chi connectivity index (χ2v) is 7.14. The topological polar surface area (TPSA) is 158 Å². The summed E-state index contributed by atoms with van der Waals surface area (Å²) in [5, 5.41) is 16.1. The molecule has 172 valence electrons. The zero-order chi connectivity index (χ0) is 23.8. The van der Waals surface area contributed by atoms with Gasteiger partial charge in [-0.2, -0.15) is 0 Å². The summed E-state index contributed by atoms with van der Waals surface area (Å²) in [4.78, 5) is 55.4. The number of carboxylic acid groups (broad SMARTS) is 1. The van der Waals surface area contributed by atoms with Crippen LogP contribution in [0, 0.1) is 0 Å². The Morgan fingerprint density at radius 3 is 2.73 bits per heavy atom. The molecule has 1 atom stereocenters. The van der Waals surface area contributed by atoms with Gasteiger partial charge in [-0.3, -0.25) is 14.4 Å². The summed E-state index contributed by atoms with van der Waals surface area (Å²) >= 11 is 0. The first-order chi connectivity index (χ1) is 15.9. The van der Waals surface area contributed by atoms with Crippen molar-refractivity contribution < 1.29 is 19.5 Å². The highest BCUT2D eigenvalue weighted by Gasteiger charge is 2.21. The summed E-state index contributed by atoms with van der Waals surface area (Å²) in [5.74, 6) is -0.407. The number of allylic oxidation sites excluding steroid dienone is 1. The van der Waals surface area contributed by atoms with Crippen LogP contribution in [0.2, 0.25) is 0 Å². The average Bonchev–Trinajstić information content (AvgIpc) is 3.20. The van der Waals surface area contributed by atoms with Crippen LogP contribution in [0.5, 0.6) is 0 Å². The lowest BCUT2D eigenvalue weighted by Gasteiger charge is -2.16. The molecule has 2 heterocycles. The Labute approximate surface area is 188 Å². The molecule has 2 aromatic heterocycles. The van der Waals surface area contributed by atoms with Gasteiger partial charge in [-0.1, -0.05) is 18.2 Å². The van der Waals surface area contributed by atoms with Crippen molar-refractivity contribution in [3.8, 4) is 0 Å². The van der Waals surface area contributed by atoms with Gasteiger partial charge in [0.25, 0.3) is 5.56 Å². The normalized spacial score (nSPS) is 11.9. The Hall–Kier alpha value is -4.41. The van der Waals surface area contributed by atoms with E-state index in [1.165, 1.54) is 29.8 Å². The molecule has 11 heteroatoms. The van der Waals surface area contributed by atoms with E-state index in [1.807, 2.05) is 24.3 Å². The number of aromatic nitrogens is 3. The third-order valence-corrected chi connectivity index (χ3v) is 4.79. The Bertz CT molecular complexity index is 1210. The summed E-state index contributed by atoms with van der Waals surface area (Å²) in [7, 11) is 1.48. The number of hydrogen-bond donors (Lipinski definition) is 5. The fraction of sp³-hybridized carbons (Fsp3) is 0.227. The molecular formula is C22H24N6O5. The Morgan fingerprint density at radius 2 is 2.00 bits per heavy atom. The monoisotopic (exact) mass is 452 g/mol. The number of aromatic amines is 1. The first-order valence-electron chi connectivity index (χ1n) is 10.2. The molecule has 5 N–H and O–H groups in total. The van der Waals surface area contributed by atoms with Crippen LogP contribution in [-0.2, 0) is 16.1 Å². The number of nitrogens with one attached hydrogen (secondary N) is 4. The number of amides is 3. The summed E-state index contributed by atoms with van der Waals surface area (Å²) in [6.45, 7) is 0.165. The van der Waals surface area contributed by atoms with Crippen LogP contribution in [0.25, 0.3) is 11.0 Å². The van der Waals surface area contributed by atoms with Gasteiger partial charge < -0.3 is 30.6 Å². The SMILES string of the molecule is CNC(=O)C=CCCC(NC(=O)O)C(=O)Nc1cccn(Cc2nc3ccccc3[nH]2)c1=O. The number of para-hydroxylation sites is 2. The molecule has 0 saturated heterocycles. The van der Waals surface area contributed by atoms with Gasteiger partial charge in [0.1, 0.15) is 17.6 Å². The third-order valence-electron chi connectivity index (χ3n) is 4.79. The Morgan fingerprint density at radius 1 is 1.21 bits per heavy atom. The van der Waals surface area contributed by atoms with E-state index in [2.05, 4.69) is 25.9 Å². The van der Waals surface area contributed by atoms with E-state index >= 15 is 0 Å². The van der Waals surface area contributed by atoms with Crippen molar-refractivity contribution >= 4 is 34.6 Å². The number of carbonyl (C=O) groups excluding carboxylic acids is 2. The second-order valence-electron chi connectivity index (χ2n) is 7.14. The molecule has 0 fully saturated rings. The van der Waals surface area contributed by atoms with Gasteiger partial charge in [0, 0.05) is 13.2 Å². The lowest BCUT2D eigenvalue weighted by Crippen LogP contribution is -2.44. The molecule has 0 bridgehead atoms. The van der Waals surface area contributed by atoms with Crippen LogP contribution < -0.4 is 21.5 Å². The highest BCUT2D eigenvalue weighted by Crippen LogP contribution is 2.11. The van der Waals surface area contributed by atoms with Gasteiger partial charge in [0.05, 0.1) is 17.6 Å². The molecule has 3 rings (SSSR count). The molecular weight excluding hydrogens is 428 g/mol. The van der Waals surface area contributed by atoms with E-state index in [4.69, 9.17) is 5.11 Å². The minimum atomic E-state index is -1.37. The van der Waals surface area contributed by atoms with Crippen LogP contribution in [0.3, 0.4) is 0 Å². The first-order valence-corrected chi connectivity index (χ1v) is 10.2. The number of nitrogens with zero attached hydrogens (tertiary/aromatic N) is 2. The summed E-state index contributed by atoms with van der Waals surface area (Å²) in [5.41, 5.74) is 1.17. The number of likely N-dealkylation sites (N-methyl/N-ethyl adjacent to an activating group) is 1. The molecule has 33 heavy (non-hydrogen) atoms. The van der Waals surface area contributed by atoms with Crippen molar-refractivity contribution in [2.24, 2.45) is 0 Å². The zero-order valence-corrected chi connectivity index (χ0v) is 17.9. The first kappa shape index (κ1) is 23.3.